The molecular weight excluding hydrogens is 250 g/mol. The Kier molecular flexibility index (Phi) is 2.88. The first-order valence-electron chi connectivity index (χ1n) is 7.69. The molecule has 5 heteroatoms. The predicted molar refractivity (Wildman–Crippen MR) is 79.1 cm³/mol. The van der Waals surface area contributed by atoms with Gasteiger partial charge in [-0.15, -0.1) is 0 Å². The molecule has 5 nitrogen and oxygen atoms in total. The van der Waals surface area contributed by atoms with Crippen molar-refractivity contribution in [2.24, 2.45) is 0 Å². The summed E-state index contributed by atoms with van der Waals surface area (Å²) in [7, 11) is 0. The zero-order valence-corrected chi connectivity index (χ0v) is 11.9. The van der Waals surface area contributed by atoms with Gasteiger partial charge in [-0.1, -0.05) is 13.3 Å². The lowest BCUT2D eigenvalue weighted by Crippen LogP contribution is -2.52. The first-order valence-corrected chi connectivity index (χ1v) is 7.69. The van der Waals surface area contributed by atoms with E-state index in [0.29, 0.717) is 12.1 Å². The topological polar surface area (TPSA) is 45.5 Å². The van der Waals surface area contributed by atoms with Gasteiger partial charge in [0.05, 0.1) is 6.20 Å². The highest BCUT2D eigenvalue weighted by Crippen LogP contribution is 2.32. The van der Waals surface area contributed by atoms with Gasteiger partial charge >= 0.3 is 0 Å². The van der Waals surface area contributed by atoms with E-state index < -0.39 is 0 Å². The summed E-state index contributed by atoms with van der Waals surface area (Å²) in [6, 6.07) is 5.48. The van der Waals surface area contributed by atoms with Crippen LogP contribution in [-0.2, 0) is 6.42 Å². The zero-order valence-electron chi connectivity index (χ0n) is 11.9. The summed E-state index contributed by atoms with van der Waals surface area (Å²) in [5, 5.41) is 8.03. The molecule has 1 N–H and O–H groups in total. The van der Waals surface area contributed by atoms with Crippen molar-refractivity contribution >= 4 is 11.5 Å². The van der Waals surface area contributed by atoms with Crippen LogP contribution in [0.5, 0.6) is 0 Å². The van der Waals surface area contributed by atoms with Gasteiger partial charge < -0.3 is 10.2 Å². The van der Waals surface area contributed by atoms with Gasteiger partial charge in [0.1, 0.15) is 5.82 Å². The highest BCUT2D eigenvalue weighted by atomic mass is 15.4. The largest absolute Gasteiger partial charge is 0.348 e. The maximum atomic E-state index is 4.71. The van der Waals surface area contributed by atoms with E-state index in [4.69, 9.17) is 4.98 Å². The predicted octanol–water partition coefficient (Wildman–Crippen LogP) is 1.62. The molecule has 2 aliphatic rings. The van der Waals surface area contributed by atoms with E-state index in [-0.39, 0.29) is 0 Å². The minimum Gasteiger partial charge on any atom is -0.348 e. The number of anilines is 1. The Labute approximate surface area is 119 Å². The molecule has 2 aromatic heterocycles. The summed E-state index contributed by atoms with van der Waals surface area (Å²) in [6.07, 6.45) is 6.59. The van der Waals surface area contributed by atoms with Gasteiger partial charge in [0.25, 0.3) is 0 Å². The fourth-order valence-electron chi connectivity index (χ4n) is 3.67. The van der Waals surface area contributed by atoms with Crippen molar-refractivity contribution < 1.29 is 0 Å². The molecule has 2 atom stereocenters. The molecule has 2 fully saturated rings. The Morgan fingerprint density at radius 2 is 2.10 bits per heavy atom. The lowest BCUT2D eigenvalue weighted by molar-refractivity contribution is 0.477. The molecule has 0 radical (unpaired) electrons. The van der Waals surface area contributed by atoms with Gasteiger partial charge in [0.15, 0.2) is 5.65 Å². The fraction of sp³-hybridized carbons (Fsp3) is 0.600. The van der Waals surface area contributed by atoms with Crippen molar-refractivity contribution in [3.8, 4) is 0 Å². The molecular formula is C15H21N5. The van der Waals surface area contributed by atoms with Gasteiger partial charge in [-0.05, 0) is 19.3 Å². The number of piperazine rings is 1. The molecule has 0 saturated carbocycles. The molecule has 106 valence electrons. The smallest absolute Gasteiger partial charge is 0.157 e. The lowest BCUT2D eigenvalue weighted by atomic mass is 10.2. The van der Waals surface area contributed by atoms with Crippen LogP contribution in [0.3, 0.4) is 0 Å². The molecule has 0 aromatic carbocycles. The quantitative estimate of drug-likeness (QED) is 0.921. The SMILES string of the molecule is CCCc1cc(N2[C@@H]3CC[C@H]2CNC3)n2nccc2n1. The molecule has 0 unspecified atom stereocenters. The van der Waals surface area contributed by atoms with E-state index in [9.17, 15) is 0 Å². The Hall–Kier alpha value is -1.62. The highest BCUT2D eigenvalue weighted by molar-refractivity contribution is 5.53. The summed E-state index contributed by atoms with van der Waals surface area (Å²) in [5.41, 5.74) is 2.16. The second-order valence-electron chi connectivity index (χ2n) is 5.91. The molecule has 0 spiro atoms. The second-order valence-corrected chi connectivity index (χ2v) is 5.91. The van der Waals surface area contributed by atoms with Gasteiger partial charge in [0, 0.05) is 43.0 Å². The molecule has 2 saturated heterocycles. The van der Waals surface area contributed by atoms with Crippen molar-refractivity contribution in [1.29, 1.82) is 0 Å². The standard InChI is InChI=1S/C15H21N5/c1-2-3-11-8-15(20-14(18-11)6-7-17-20)19-12-4-5-13(19)10-16-9-12/h6-8,12-13,16H,2-5,9-10H2,1H3/t12-,13+. The lowest BCUT2D eigenvalue weighted by Gasteiger charge is -2.37. The number of aromatic nitrogens is 3. The van der Waals surface area contributed by atoms with E-state index in [1.54, 1.807) is 0 Å². The summed E-state index contributed by atoms with van der Waals surface area (Å²) in [4.78, 5) is 7.29. The number of hydrogen-bond donors (Lipinski definition) is 1. The van der Waals surface area contributed by atoms with Gasteiger partial charge in [-0.2, -0.15) is 9.61 Å². The third-order valence-electron chi connectivity index (χ3n) is 4.54. The number of fused-ring (bicyclic) bond motifs is 3. The van der Waals surface area contributed by atoms with Gasteiger partial charge in [-0.25, -0.2) is 4.98 Å². The maximum absolute atomic E-state index is 4.71. The summed E-state index contributed by atoms with van der Waals surface area (Å²) in [5.74, 6) is 1.23. The summed E-state index contributed by atoms with van der Waals surface area (Å²) < 4.78 is 2.01. The fourth-order valence-corrected chi connectivity index (χ4v) is 3.67. The van der Waals surface area contributed by atoms with Crippen molar-refractivity contribution in [2.75, 3.05) is 18.0 Å². The molecule has 4 heterocycles. The monoisotopic (exact) mass is 271 g/mol. The minimum atomic E-state index is 0.609. The van der Waals surface area contributed by atoms with E-state index in [0.717, 1.165) is 31.6 Å². The average molecular weight is 271 g/mol. The van der Waals surface area contributed by atoms with Crippen molar-refractivity contribution in [3.05, 3.63) is 24.0 Å². The summed E-state index contributed by atoms with van der Waals surface area (Å²) in [6.45, 7) is 4.38. The van der Waals surface area contributed by atoms with Crippen LogP contribution in [0, 0.1) is 0 Å². The van der Waals surface area contributed by atoms with Crippen LogP contribution in [0.4, 0.5) is 5.82 Å². The van der Waals surface area contributed by atoms with Crippen LogP contribution in [0.15, 0.2) is 18.3 Å². The van der Waals surface area contributed by atoms with Crippen LogP contribution >= 0.6 is 0 Å². The van der Waals surface area contributed by atoms with Crippen LogP contribution in [0.2, 0.25) is 0 Å². The first-order chi connectivity index (χ1) is 9.86. The van der Waals surface area contributed by atoms with Crippen molar-refractivity contribution in [3.63, 3.8) is 0 Å². The van der Waals surface area contributed by atoms with E-state index in [2.05, 4.69) is 28.3 Å². The van der Waals surface area contributed by atoms with E-state index in [1.165, 1.54) is 24.4 Å². The highest BCUT2D eigenvalue weighted by Gasteiger charge is 2.37. The van der Waals surface area contributed by atoms with Gasteiger partial charge in [0.2, 0.25) is 0 Å². The van der Waals surface area contributed by atoms with E-state index in [1.807, 2.05) is 16.8 Å². The summed E-state index contributed by atoms with van der Waals surface area (Å²) >= 11 is 0. The average Bonchev–Trinajstić information content (AvgIpc) is 3.01. The zero-order chi connectivity index (χ0) is 13.5. The Balaban J connectivity index is 1.83. The van der Waals surface area contributed by atoms with Crippen LogP contribution < -0.4 is 10.2 Å². The molecule has 0 amide bonds. The molecule has 0 aliphatic carbocycles. The molecule has 2 bridgehead atoms. The van der Waals surface area contributed by atoms with Crippen LogP contribution in [-0.4, -0.2) is 39.8 Å². The first kappa shape index (κ1) is 12.1. The number of nitrogens with one attached hydrogen (secondary N) is 1. The number of hydrogen-bond acceptors (Lipinski definition) is 4. The van der Waals surface area contributed by atoms with Crippen LogP contribution in [0.25, 0.3) is 5.65 Å². The maximum Gasteiger partial charge on any atom is 0.157 e. The molecule has 2 aliphatic heterocycles. The van der Waals surface area contributed by atoms with E-state index >= 15 is 0 Å². The normalized spacial score (nSPS) is 25.6. The third kappa shape index (κ3) is 1.80. The second kappa shape index (κ2) is 4.74. The number of aryl methyl sites for hydroxylation is 1. The van der Waals surface area contributed by atoms with Crippen LogP contribution in [0.1, 0.15) is 31.9 Å². The van der Waals surface area contributed by atoms with Gasteiger partial charge in [-0.3, -0.25) is 0 Å². The Morgan fingerprint density at radius 1 is 1.30 bits per heavy atom. The third-order valence-corrected chi connectivity index (χ3v) is 4.54. The van der Waals surface area contributed by atoms with Crippen molar-refractivity contribution in [1.82, 2.24) is 19.9 Å². The number of nitrogens with zero attached hydrogens (tertiary/aromatic N) is 4. The minimum absolute atomic E-state index is 0.609. The molecule has 20 heavy (non-hydrogen) atoms. The number of rotatable bonds is 3. The Morgan fingerprint density at radius 3 is 2.85 bits per heavy atom. The Bertz CT molecular complexity index is 604. The van der Waals surface area contributed by atoms with Crippen molar-refractivity contribution in [2.45, 2.75) is 44.7 Å². The molecule has 2 aromatic rings. The molecule has 4 rings (SSSR count).